The van der Waals surface area contributed by atoms with E-state index in [1.807, 2.05) is 24.0 Å². The summed E-state index contributed by atoms with van der Waals surface area (Å²) in [4.78, 5) is 13.8. The van der Waals surface area contributed by atoms with Gasteiger partial charge >= 0.3 is 5.97 Å². The fraction of sp³-hybridized carbons (Fsp3) is 0.562. The highest BCUT2D eigenvalue weighted by Gasteiger charge is 2.44. The van der Waals surface area contributed by atoms with Crippen LogP contribution >= 0.6 is 0 Å². The number of rotatable bonds is 4. The third-order valence-electron chi connectivity index (χ3n) is 4.47. The van der Waals surface area contributed by atoms with E-state index in [0.29, 0.717) is 6.42 Å². The van der Waals surface area contributed by atoms with Gasteiger partial charge in [0.2, 0.25) is 0 Å². The van der Waals surface area contributed by atoms with Crippen LogP contribution in [0.5, 0.6) is 5.75 Å². The summed E-state index contributed by atoms with van der Waals surface area (Å²) in [6.45, 7) is 4.60. The molecule has 0 aromatic heterocycles. The zero-order valence-corrected chi connectivity index (χ0v) is 12.2. The molecular formula is C16H23NO3. The lowest BCUT2D eigenvalue weighted by molar-refractivity contribution is -0.155. The summed E-state index contributed by atoms with van der Waals surface area (Å²) in [6, 6.07) is 7.18. The molecule has 0 radical (unpaired) electrons. The molecule has 1 aliphatic rings. The van der Waals surface area contributed by atoms with Gasteiger partial charge in [0.05, 0.1) is 0 Å². The molecule has 0 saturated carbocycles. The number of carboxylic acids is 1. The van der Waals surface area contributed by atoms with Crippen LogP contribution in [0.25, 0.3) is 0 Å². The second-order valence-electron chi connectivity index (χ2n) is 5.71. The van der Waals surface area contributed by atoms with Crippen molar-refractivity contribution in [3.05, 3.63) is 29.8 Å². The summed E-state index contributed by atoms with van der Waals surface area (Å²) in [6.07, 6.45) is 3.39. The summed E-state index contributed by atoms with van der Waals surface area (Å²) in [5, 5.41) is 19.7. The van der Waals surface area contributed by atoms with Crippen molar-refractivity contribution in [2.75, 3.05) is 6.54 Å². The number of nitrogens with zero attached hydrogens (tertiary/aromatic N) is 1. The first-order valence-corrected chi connectivity index (χ1v) is 7.28. The van der Waals surface area contributed by atoms with Crippen LogP contribution in [0, 0.1) is 0 Å². The standard InChI is InChI=1S/C16H23NO3/c1-3-13(12-8-4-5-9-14(12)18)17-11-7-6-10-16(17,2)15(19)20/h4-5,8-9,13,18H,3,6-7,10-11H2,1-2H3,(H,19,20). The van der Waals surface area contributed by atoms with Crippen molar-refractivity contribution in [3.63, 3.8) is 0 Å². The molecule has 0 bridgehead atoms. The van der Waals surface area contributed by atoms with E-state index in [9.17, 15) is 15.0 Å². The minimum atomic E-state index is -0.846. The third kappa shape index (κ3) is 2.52. The Morgan fingerprint density at radius 3 is 2.70 bits per heavy atom. The van der Waals surface area contributed by atoms with Crippen molar-refractivity contribution in [1.82, 2.24) is 4.90 Å². The highest BCUT2D eigenvalue weighted by Crippen LogP contribution is 2.39. The Kier molecular flexibility index (Phi) is 4.33. The van der Waals surface area contributed by atoms with Crippen molar-refractivity contribution in [3.8, 4) is 5.75 Å². The first-order chi connectivity index (χ1) is 9.50. The van der Waals surface area contributed by atoms with Gasteiger partial charge in [-0.2, -0.15) is 0 Å². The second-order valence-corrected chi connectivity index (χ2v) is 5.71. The molecule has 110 valence electrons. The molecule has 0 aliphatic carbocycles. The van der Waals surface area contributed by atoms with E-state index in [1.54, 1.807) is 19.1 Å². The molecule has 1 saturated heterocycles. The molecule has 2 unspecified atom stereocenters. The average Bonchev–Trinajstić information content (AvgIpc) is 2.43. The van der Waals surface area contributed by atoms with Crippen molar-refractivity contribution < 1.29 is 15.0 Å². The van der Waals surface area contributed by atoms with Gasteiger partial charge in [0.15, 0.2) is 0 Å². The monoisotopic (exact) mass is 277 g/mol. The van der Waals surface area contributed by atoms with Crippen LogP contribution < -0.4 is 0 Å². The first kappa shape index (κ1) is 14.9. The van der Waals surface area contributed by atoms with E-state index in [0.717, 1.165) is 31.4 Å². The lowest BCUT2D eigenvalue weighted by atomic mass is 9.85. The van der Waals surface area contributed by atoms with Crippen LogP contribution in [0.1, 0.15) is 51.1 Å². The molecule has 1 aliphatic heterocycles. The van der Waals surface area contributed by atoms with E-state index in [2.05, 4.69) is 0 Å². The maximum Gasteiger partial charge on any atom is 0.323 e. The van der Waals surface area contributed by atoms with Crippen LogP contribution in [-0.4, -0.2) is 33.2 Å². The predicted octanol–water partition coefficient (Wildman–Crippen LogP) is 3.17. The number of hydrogen-bond donors (Lipinski definition) is 2. The fourth-order valence-corrected chi connectivity index (χ4v) is 3.25. The Morgan fingerprint density at radius 1 is 1.40 bits per heavy atom. The van der Waals surface area contributed by atoms with E-state index in [4.69, 9.17) is 0 Å². The SMILES string of the molecule is CCC(c1ccccc1O)N1CCCCC1(C)C(=O)O. The van der Waals surface area contributed by atoms with Crippen LogP contribution in [0.3, 0.4) is 0 Å². The number of carbonyl (C=O) groups is 1. The Bertz CT molecular complexity index is 488. The molecule has 4 heteroatoms. The number of aromatic hydroxyl groups is 1. The molecule has 1 fully saturated rings. The molecule has 4 nitrogen and oxygen atoms in total. The molecule has 1 aromatic carbocycles. The molecule has 2 atom stereocenters. The minimum Gasteiger partial charge on any atom is -0.508 e. The van der Waals surface area contributed by atoms with E-state index >= 15 is 0 Å². The molecule has 20 heavy (non-hydrogen) atoms. The van der Waals surface area contributed by atoms with Crippen molar-refractivity contribution in [2.45, 2.75) is 51.1 Å². The number of phenols is 1. The van der Waals surface area contributed by atoms with Gasteiger partial charge in [-0.05, 0) is 45.2 Å². The first-order valence-electron chi connectivity index (χ1n) is 7.28. The van der Waals surface area contributed by atoms with E-state index in [-0.39, 0.29) is 11.8 Å². The van der Waals surface area contributed by atoms with Gasteiger partial charge in [-0.1, -0.05) is 25.1 Å². The highest BCUT2D eigenvalue weighted by molar-refractivity contribution is 5.78. The van der Waals surface area contributed by atoms with Crippen LogP contribution in [0.15, 0.2) is 24.3 Å². The number of hydrogen-bond acceptors (Lipinski definition) is 3. The summed E-state index contributed by atoms with van der Waals surface area (Å²) in [7, 11) is 0. The number of likely N-dealkylation sites (tertiary alicyclic amines) is 1. The number of benzene rings is 1. The zero-order chi connectivity index (χ0) is 14.8. The Morgan fingerprint density at radius 2 is 2.10 bits per heavy atom. The van der Waals surface area contributed by atoms with Gasteiger partial charge in [-0.25, -0.2) is 0 Å². The molecule has 0 amide bonds. The predicted molar refractivity (Wildman–Crippen MR) is 77.7 cm³/mol. The van der Waals surface area contributed by atoms with Crippen molar-refractivity contribution >= 4 is 5.97 Å². The second kappa shape index (κ2) is 5.83. The van der Waals surface area contributed by atoms with Gasteiger partial charge < -0.3 is 10.2 Å². The summed E-state index contributed by atoms with van der Waals surface area (Å²) in [5.74, 6) is -0.524. The lowest BCUT2D eigenvalue weighted by Gasteiger charge is -2.46. The molecular weight excluding hydrogens is 254 g/mol. The number of phenolic OH excluding ortho intramolecular Hbond substituents is 1. The number of para-hydroxylation sites is 1. The van der Waals surface area contributed by atoms with Gasteiger partial charge in [0, 0.05) is 11.6 Å². The number of aliphatic carboxylic acids is 1. The van der Waals surface area contributed by atoms with Crippen molar-refractivity contribution in [2.24, 2.45) is 0 Å². The minimum absolute atomic E-state index is 0.0578. The summed E-state index contributed by atoms with van der Waals surface area (Å²) >= 11 is 0. The number of piperidine rings is 1. The Balaban J connectivity index is 2.39. The van der Waals surface area contributed by atoms with E-state index in [1.165, 1.54) is 0 Å². The van der Waals surface area contributed by atoms with Crippen LogP contribution in [-0.2, 0) is 4.79 Å². The lowest BCUT2D eigenvalue weighted by Crippen LogP contribution is -2.56. The summed E-state index contributed by atoms with van der Waals surface area (Å²) < 4.78 is 0. The zero-order valence-electron chi connectivity index (χ0n) is 12.2. The summed E-state index contributed by atoms with van der Waals surface area (Å²) in [5.41, 5.74) is -0.0225. The molecule has 0 spiro atoms. The normalized spacial score (nSPS) is 25.3. The Labute approximate surface area is 120 Å². The quantitative estimate of drug-likeness (QED) is 0.887. The number of carboxylic acid groups (broad SMARTS) is 1. The van der Waals surface area contributed by atoms with Gasteiger partial charge in [-0.3, -0.25) is 9.69 Å². The maximum atomic E-state index is 11.7. The molecule has 1 heterocycles. The van der Waals surface area contributed by atoms with E-state index < -0.39 is 11.5 Å². The molecule has 1 aromatic rings. The van der Waals surface area contributed by atoms with Gasteiger partial charge in [0.1, 0.15) is 11.3 Å². The average molecular weight is 277 g/mol. The Hall–Kier alpha value is -1.55. The highest BCUT2D eigenvalue weighted by atomic mass is 16.4. The maximum absolute atomic E-state index is 11.7. The fourth-order valence-electron chi connectivity index (χ4n) is 3.25. The molecule has 2 rings (SSSR count). The van der Waals surface area contributed by atoms with Crippen LogP contribution in [0.2, 0.25) is 0 Å². The van der Waals surface area contributed by atoms with Gasteiger partial charge in [-0.15, -0.1) is 0 Å². The molecule has 2 N–H and O–H groups in total. The third-order valence-corrected chi connectivity index (χ3v) is 4.47. The van der Waals surface area contributed by atoms with Gasteiger partial charge in [0.25, 0.3) is 0 Å². The van der Waals surface area contributed by atoms with Crippen LogP contribution in [0.4, 0.5) is 0 Å². The smallest absolute Gasteiger partial charge is 0.323 e. The topological polar surface area (TPSA) is 60.8 Å². The largest absolute Gasteiger partial charge is 0.508 e. The van der Waals surface area contributed by atoms with Crippen molar-refractivity contribution in [1.29, 1.82) is 0 Å².